The molecule has 1 fully saturated rings. The number of ether oxygens (including phenoxy) is 1. The number of tetrazole rings is 1. The number of carbonyl (C=O) groups is 1. The molecule has 2 aliphatic rings. The number of alkyl halides is 1. The van der Waals surface area contributed by atoms with Gasteiger partial charge >= 0.3 is 6.03 Å². The SMILES string of the molecule is CCC(C)(C)Oc1ccccc1CNC(=O)N1CCC[C@@H]1c1nnnn1CC1=CCC(Cl)C=C1. The maximum absolute atomic E-state index is 13.2. The fourth-order valence-corrected chi connectivity index (χ4v) is 4.32. The van der Waals surface area contributed by atoms with Crippen molar-refractivity contribution in [2.45, 2.75) is 76.6 Å². The fourth-order valence-electron chi connectivity index (χ4n) is 4.16. The molecular formula is C25H33ClN6O2. The van der Waals surface area contributed by atoms with Crippen molar-refractivity contribution in [2.24, 2.45) is 0 Å². The molecule has 1 aliphatic carbocycles. The average molecular weight is 485 g/mol. The first-order chi connectivity index (χ1) is 16.4. The minimum absolute atomic E-state index is 0.0367. The summed E-state index contributed by atoms with van der Waals surface area (Å²) in [5, 5.41) is 15.5. The van der Waals surface area contributed by atoms with Crippen molar-refractivity contribution in [3.05, 3.63) is 59.5 Å². The predicted molar refractivity (Wildman–Crippen MR) is 132 cm³/mol. The number of halogens is 1. The lowest BCUT2D eigenvalue weighted by molar-refractivity contribution is 0.104. The number of amides is 2. The lowest BCUT2D eigenvalue weighted by atomic mass is 10.1. The van der Waals surface area contributed by atoms with Gasteiger partial charge < -0.3 is 15.0 Å². The molecule has 1 aromatic heterocycles. The molecule has 9 heteroatoms. The summed E-state index contributed by atoms with van der Waals surface area (Å²) >= 11 is 6.14. The lowest BCUT2D eigenvalue weighted by Gasteiger charge is -2.27. The number of urea groups is 1. The van der Waals surface area contributed by atoms with Gasteiger partial charge in [-0.25, -0.2) is 9.48 Å². The van der Waals surface area contributed by atoms with E-state index in [1.165, 1.54) is 0 Å². The Balaban J connectivity index is 1.42. The van der Waals surface area contributed by atoms with Gasteiger partial charge in [-0.15, -0.1) is 16.7 Å². The molecule has 2 aromatic rings. The van der Waals surface area contributed by atoms with Gasteiger partial charge in [0.25, 0.3) is 0 Å². The summed E-state index contributed by atoms with van der Waals surface area (Å²) in [6.45, 7) is 7.85. The smallest absolute Gasteiger partial charge is 0.318 e. The quantitative estimate of drug-likeness (QED) is 0.545. The van der Waals surface area contributed by atoms with Gasteiger partial charge in [0.05, 0.1) is 18.0 Å². The van der Waals surface area contributed by atoms with Crippen molar-refractivity contribution < 1.29 is 9.53 Å². The number of nitrogens with zero attached hydrogens (tertiary/aromatic N) is 5. The molecule has 2 atom stereocenters. The highest BCUT2D eigenvalue weighted by molar-refractivity contribution is 6.22. The second-order valence-corrected chi connectivity index (χ2v) is 9.98. The minimum atomic E-state index is -0.273. The summed E-state index contributed by atoms with van der Waals surface area (Å²) in [6.07, 6.45) is 9.54. The van der Waals surface area contributed by atoms with Crippen LogP contribution in [0.1, 0.15) is 63.9 Å². The van der Waals surface area contributed by atoms with Crippen LogP contribution in [0.25, 0.3) is 0 Å². The van der Waals surface area contributed by atoms with Crippen LogP contribution < -0.4 is 10.1 Å². The maximum atomic E-state index is 13.2. The monoisotopic (exact) mass is 484 g/mol. The Morgan fingerprint density at radius 1 is 1.32 bits per heavy atom. The third kappa shape index (κ3) is 5.78. The molecule has 1 unspecified atom stereocenters. The highest BCUT2D eigenvalue weighted by Crippen LogP contribution is 2.31. The number of aromatic nitrogens is 4. The van der Waals surface area contributed by atoms with E-state index < -0.39 is 0 Å². The van der Waals surface area contributed by atoms with Crippen LogP contribution in [0, 0.1) is 0 Å². The Morgan fingerprint density at radius 3 is 2.91 bits per heavy atom. The lowest BCUT2D eigenvalue weighted by Crippen LogP contribution is -2.40. The Kier molecular flexibility index (Phi) is 7.56. The summed E-state index contributed by atoms with van der Waals surface area (Å²) in [7, 11) is 0. The van der Waals surface area contributed by atoms with Gasteiger partial charge in [-0.05, 0) is 61.6 Å². The number of carbonyl (C=O) groups excluding carboxylic acids is 1. The van der Waals surface area contributed by atoms with Crippen molar-refractivity contribution in [3.63, 3.8) is 0 Å². The highest BCUT2D eigenvalue weighted by atomic mass is 35.5. The first-order valence-corrected chi connectivity index (χ1v) is 12.4. The Labute approximate surface area is 206 Å². The Hall–Kier alpha value is -2.87. The number of likely N-dealkylation sites (tertiary alicyclic amines) is 1. The van der Waals surface area contributed by atoms with Crippen LogP contribution in [0.4, 0.5) is 4.79 Å². The molecule has 2 heterocycles. The van der Waals surface area contributed by atoms with Gasteiger partial charge in [-0.2, -0.15) is 0 Å². The largest absolute Gasteiger partial charge is 0.488 e. The fraction of sp³-hybridized carbons (Fsp3) is 0.520. The standard InChI is InChI=1S/C25H33ClN6O2/c1-4-25(2,3)34-22-10-6-5-8-19(22)16-27-24(33)31-15-7-9-21(31)23-28-29-30-32(23)17-18-11-13-20(26)14-12-18/h5-6,8,10-13,20-21H,4,7,9,14-17H2,1-3H3,(H,27,33)/t20?,21-/m1/s1. The van der Waals surface area contributed by atoms with E-state index in [0.29, 0.717) is 25.5 Å². The van der Waals surface area contributed by atoms with E-state index in [9.17, 15) is 4.79 Å². The summed E-state index contributed by atoms with van der Waals surface area (Å²) < 4.78 is 7.99. The molecule has 1 aliphatic heterocycles. The summed E-state index contributed by atoms with van der Waals surface area (Å²) in [4.78, 5) is 15.0. The Morgan fingerprint density at radius 2 is 2.15 bits per heavy atom. The van der Waals surface area contributed by atoms with Crippen molar-refractivity contribution in [3.8, 4) is 5.75 Å². The molecule has 1 N–H and O–H groups in total. The van der Waals surface area contributed by atoms with Crippen LogP contribution in [-0.4, -0.2) is 48.7 Å². The van der Waals surface area contributed by atoms with Crippen molar-refractivity contribution in [1.29, 1.82) is 0 Å². The van der Waals surface area contributed by atoms with Gasteiger partial charge in [0.2, 0.25) is 0 Å². The second kappa shape index (κ2) is 10.6. The number of rotatable bonds is 8. The molecule has 0 bridgehead atoms. The third-order valence-corrected chi connectivity index (χ3v) is 6.79. The first-order valence-electron chi connectivity index (χ1n) is 11.9. The molecule has 1 aromatic carbocycles. The van der Waals surface area contributed by atoms with Gasteiger partial charge in [-0.1, -0.05) is 43.4 Å². The zero-order valence-electron chi connectivity index (χ0n) is 20.1. The highest BCUT2D eigenvalue weighted by Gasteiger charge is 2.34. The van der Waals surface area contributed by atoms with Crippen LogP contribution in [0.5, 0.6) is 5.75 Å². The molecular weight excluding hydrogens is 452 g/mol. The number of hydrogen-bond donors (Lipinski definition) is 1. The van der Waals surface area contributed by atoms with E-state index in [4.69, 9.17) is 16.3 Å². The van der Waals surface area contributed by atoms with E-state index in [2.05, 4.69) is 47.7 Å². The number of para-hydroxylation sites is 1. The van der Waals surface area contributed by atoms with E-state index in [1.807, 2.05) is 41.3 Å². The zero-order valence-corrected chi connectivity index (χ0v) is 20.8. The normalized spacial score (nSPS) is 20.4. The minimum Gasteiger partial charge on any atom is -0.488 e. The maximum Gasteiger partial charge on any atom is 0.318 e. The predicted octanol–water partition coefficient (Wildman–Crippen LogP) is 4.78. The molecule has 0 saturated carbocycles. The van der Waals surface area contributed by atoms with Gasteiger partial charge in [0.15, 0.2) is 5.82 Å². The van der Waals surface area contributed by atoms with Gasteiger partial charge in [-0.3, -0.25) is 0 Å². The molecule has 4 rings (SSSR count). The second-order valence-electron chi connectivity index (χ2n) is 9.42. The molecule has 0 radical (unpaired) electrons. The number of hydrogen-bond acceptors (Lipinski definition) is 5. The van der Waals surface area contributed by atoms with Crippen LogP contribution in [0.3, 0.4) is 0 Å². The van der Waals surface area contributed by atoms with Crippen molar-refractivity contribution >= 4 is 17.6 Å². The third-order valence-electron chi connectivity index (χ3n) is 6.47. The number of nitrogens with one attached hydrogen (secondary N) is 1. The average Bonchev–Trinajstić information content (AvgIpc) is 3.49. The molecule has 0 spiro atoms. The number of benzene rings is 1. The van der Waals surface area contributed by atoms with Gasteiger partial charge in [0, 0.05) is 18.7 Å². The van der Waals surface area contributed by atoms with E-state index in [1.54, 1.807) is 4.68 Å². The van der Waals surface area contributed by atoms with E-state index >= 15 is 0 Å². The molecule has 34 heavy (non-hydrogen) atoms. The summed E-state index contributed by atoms with van der Waals surface area (Å²) in [5.74, 6) is 1.51. The van der Waals surface area contributed by atoms with Crippen LogP contribution >= 0.6 is 11.6 Å². The van der Waals surface area contributed by atoms with Gasteiger partial charge in [0.1, 0.15) is 11.4 Å². The molecule has 2 amide bonds. The Bertz CT molecular complexity index is 1060. The topological polar surface area (TPSA) is 85.2 Å². The summed E-state index contributed by atoms with van der Waals surface area (Å²) in [5.41, 5.74) is 1.79. The van der Waals surface area contributed by atoms with Crippen LogP contribution in [-0.2, 0) is 13.1 Å². The van der Waals surface area contributed by atoms with Crippen LogP contribution in [0.15, 0.2) is 48.1 Å². The van der Waals surface area contributed by atoms with E-state index in [-0.39, 0.29) is 23.1 Å². The van der Waals surface area contributed by atoms with Crippen molar-refractivity contribution in [1.82, 2.24) is 30.4 Å². The zero-order chi connectivity index (χ0) is 24.1. The van der Waals surface area contributed by atoms with E-state index in [0.717, 1.165) is 42.6 Å². The molecule has 182 valence electrons. The summed E-state index contributed by atoms with van der Waals surface area (Å²) in [6, 6.07) is 7.57. The molecule has 1 saturated heterocycles. The van der Waals surface area contributed by atoms with Crippen molar-refractivity contribution in [2.75, 3.05) is 6.54 Å². The molecule has 8 nitrogen and oxygen atoms in total. The first kappa shape index (κ1) is 24.3. The van der Waals surface area contributed by atoms with Crippen LogP contribution in [0.2, 0.25) is 0 Å². The number of allylic oxidation sites excluding steroid dienone is 4.